The van der Waals surface area contributed by atoms with Crippen LogP contribution in [-0.2, 0) is 0 Å². The standard InChI is InChI=1S/C18H18BrN3O3/c1-10-7-12(19)9-22-16(11(2)20-17(10)22)18(23)21-13-5-6-14(24-3)15(8-13)25-4/h5-9H,1-4H3,(H,21,23). The van der Waals surface area contributed by atoms with E-state index < -0.39 is 0 Å². The topological polar surface area (TPSA) is 64.9 Å². The van der Waals surface area contributed by atoms with Gasteiger partial charge in [0, 0.05) is 22.4 Å². The molecule has 25 heavy (non-hydrogen) atoms. The van der Waals surface area contributed by atoms with Gasteiger partial charge in [0.15, 0.2) is 11.5 Å². The van der Waals surface area contributed by atoms with Gasteiger partial charge in [-0.2, -0.15) is 0 Å². The summed E-state index contributed by atoms with van der Waals surface area (Å²) in [5.74, 6) is 0.912. The van der Waals surface area contributed by atoms with Crippen molar-refractivity contribution in [1.29, 1.82) is 0 Å². The van der Waals surface area contributed by atoms with E-state index in [-0.39, 0.29) is 5.91 Å². The number of imidazole rings is 1. The summed E-state index contributed by atoms with van der Waals surface area (Å²) in [5.41, 5.74) is 3.53. The number of ether oxygens (including phenoxy) is 2. The number of benzene rings is 1. The summed E-state index contributed by atoms with van der Waals surface area (Å²) in [6, 6.07) is 7.20. The Morgan fingerprint density at radius 1 is 1.16 bits per heavy atom. The van der Waals surface area contributed by atoms with Gasteiger partial charge in [0.1, 0.15) is 11.3 Å². The van der Waals surface area contributed by atoms with Crippen LogP contribution in [0.1, 0.15) is 21.7 Å². The zero-order valence-electron chi connectivity index (χ0n) is 14.4. The van der Waals surface area contributed by atoms with E-state index in [1.54, 1.807) is 36.8 Å². The van der Waals surface area contributed by atoms with Crippen molar-refractivity contribution in [2.24, 2.45) is 0 Å². The first kappa shape index (κ1) is 17.3. The lowest BCUT2D eigenvalue weighted by Gasteiger charge is -2.11. The van der Waals surface area contributed by atoms with Crippen LogP contribution < -0.4 is 14.8 Å². The maximum absolute atomic E-state index is 12.8. The molecule has 0 fully saturated rings. The van der Waals surface area contributed by atoms with E-state index >= 15 is 0 Å². The second kappa shape index (κ2) is 6.76. The van der Waals surface area contributed by atoms with E-state index in [4.69, 9.17) is 9.47 Å². The molecule has 0 saturated heterocycles. The first-order valence-corrected chi connectivity index (χ1v) is 8.42. The first-order valence-electron chi connectivity index (χ1n) is 7.62. The molecule has 7 heteroatoms. The third kappa shape index (κ3) is 3.19. The van der Waals surface area contributed by atoms with Crippen LogP contribution in [0.5, 0.6) is 11.5 Å². The predicted molar refractivity (Wildman–Crippen MR) is 99.9 cm³/mol. The van der Waals surface area contributed by atoms with Gasteiger partial charge in [-0.05, 0) is 53.5 Å². The molecule has 0 aliphatic carbocycles. The molecule has 0 aliphatic heterocycles. The van der Waals surface area contributed by atoms with E-state index in [0.717, 1.165) is 15.7 Å². The Morgan fingerprint density at radius 3 is 2.56 bits per heavy atom. The highest BCUT2D eigenvalue weighted by atomic mass is 79.9. The van der Waals surface area contributed by atoms with E-state index in [2.05, 4.69) is 26.2 Å². The fourth-order valence-electron chi connectivity index (χ4n) is 2.76. The molecule has 130 valence electrons. The van der Waals surface area contributed by atoms with Crippen molar-refractivity contribution in [3.8, 4) is 11.5 Å². The predicted octanol–water partition coefficient (Wildman–Crippen LogP) is 3.98. The molecule has 0 bridgehead atoms. The zero-order chi connectivity index (χ0) is 18.1. The number of amides is 1. The highest BCUT2D eigenvalue weighted by Gasteiger charge is 2.19. The summed E-state index contributed by atoms with van der Waals surface area (Å²) in [6.45, 7) is 3.78. The van der Waals surface area contributed by atoms with Crippen molar-refractivity contribution in [3.63, 3.8) is 0 Å². The molecule has 6 nitrogen and oxygen atoms in total. The van der Waals surface area contributed by atoms with Crippen LogP contribution in [0.15, 0.2) is 34.9 Å². The average Bonchev–Trinajstić information content (AvgIpc) is 2.91. The number of pyridine rings is 1. The van der Waals surface area contributed by atoms with Crippen molar-refractivity contribution in [1.82, 2.24) is 9.38 Å². The van der Waals surface area contributed by atoms with Gasteiger partial charge < -0.3 is 14.8 Å². The fraction of sp³-hybridized carbons (Fsp3) is 0.222. The highest BCUT2D eigenvalue weighted by molar-refractivity contribution is 9.10. The van der Waals surface area contributed by atoms with Gasteiger partial charge in [0.2, 0.25) is 0 Å². The van der Waals surface area contributed by atoms with Gasteiger partial charge >= 0.3 is 0 Å². The Balaban J connectivity index is 1.99. The molecule has 0 radical (unpaired) electrons. The molecular weight excluding hydrogens is 386 g/mol. The fourth-order valence-corrected chi connectivity index (χ4v) is 3.31. The summed E-state index contributed by atoms with van der Waals surface area (Å²) in [5, 5.41) is 2.89. The lowest BCUT2D eigenvalue weighted by molar-refractivity contribution is 0.102. The summed E-state index contributed by atoms with van der Waals surface area (Å²) in [4.78, 5) is 17.3. The highest BCUT2D eigenvalue weighted by Crippen LogP contribution is 2.30. The molecule has 2 heterocycles. The number of aryl methyl sites for hydroxylation is 2. The molecule has 0 atom stereocenters. The minimum Gasteiger partial charge on any atom is -0.493 e. The van der Waals surface area contributed by atoms with Crippen LogP contribution in [0.25, 0.3) is 5.65 Å². The van der Waals surface area contributed by atoms with E-state index in [1.807, 2.05) is 26.1 Å². The van der Waals surface area contributed by atoms with E-state index in [1.165, 1.54) is 0 Å². The van der Waals surface area contributed by atoms with Crippen molar-refractivity contribution in [2.75, 3.05) is 19.5 Å². The number of nitrogens with zero attached hydrogens (tertiary/aromatic N) is 2. The van der Waals surface area contributed by atoms with Crippen molar-refractivity contribution < 1.29 is 14.3 Å². The SMILES string of the molecule is COc1ccc(NC(=O)c2c(C)nc3c(C)cc(Br)cn23)cc1OC. The molecule has 0 unspecified atom stereocenters. The molecule has 1 N–H and O–H groups in total. The number of carbonyl (C=O) groups excluding carboxylic acids is 1. The number of hydrogen-bond acceptors (Lipinski definition) is 4. The van der Waals surface area contributed by atoms with E-state index in [0.29, 0.717) is 28.6 Å². The number of anilines is 1. The number of rotatable bonds is 4. The number of nitrogens with one attached hydrogen (secondary N) is 1. The zero-order valence-corrected chi connectivity index (χ0v) is 16.0. The average molecular weight is 404 g/mol. The molecular formula is C18H18BrN3O3. The lowest BCUT2D eigenvalue weighted by atomic mass is 10.2. The smallest absolute Gasteiger partial charge is 0.274 e. The largest absolute Gasteiger partial charge is 0.493 e. The van der Waals surface area contributed by atoms with Crippen LogP contribution in [-0.4, -0.2) is 29.5 Å². The van der Waals surface area contributed by atoms with Gasteiger partial charge in [-0.25, -0.2) is 4.98 Å². The van der Waals surface area contributed by atoms with Gasteiger partial charge in [-0.15, -0.1) is 0 Å². The Hall–Kier alpha value is -2.54. The molecule has 0 saturated carbocycles. The quantitative estimate of drug-likeness (QED) is 0.715. The van der Waals surface area contributed by atoms with Crippen molar-refractivity contribution in [3.05, 3.63) is 51.9 Å². The lowest BCUT2D eigenvalue weighted by Crippen LogP contribution is -2.15. The van der Waals surface area contributed by atoms with E-state index in [9.17, 15) is 4.79 Å². The van der Waals surface area contributed by atoms with Crippen LogP contribution in [0.4, 0.5) is 5.69 Å². The molecule has 3 aromatic rings. The maximum Gasteiger partial charge on any atom is 0.274 e. The third-order valence-electron chi connectivity index (χ3n) is 3.90. The number of hydrogen-bond donors (Lipinski definition) is 1. The molecule has 3 rings (SSSR count). The van der Waals surface area contributed by atoms with Gasteiger partial charge in [0.05, 0.1) is 19.9 Å². The second-order valence-corrected chi connectivity index (χ2v) is 6.52. The Morgan fingerprint density at radius 2 is 1.88 bits per heavy atom. The number of fused-ring (bicyclic) bond motifs is 1. The molecule has 0 spiro atoms. The number of aromatic nitrogens is 2. The third-order valence-corrected chi connectivity index (χ3v) is 4.34. The van der Waals surface area contributed by atoms with Gasteiger partial charge in [-0.1, -0.05) is 0 Å². The Kier molecular flexibility index (Phi) is 4.67. The minimum absolute atomic E-state index is 0.241. The summed E-state index contributed by atoms with van der Waals surface area (Å²) < 4.78 is 13.2. The summed E-state index contributed by atoms with van der Waals surface area (Å²) in [6.07, 6.45) is 1.84. The summed E-state index contributed by atoms with van der Waals surface area (Å²) in [7, 11) is 3.12. The monoisotopic (exact) mass is 403 g/mol. The normalized spacial score (nSPS) is 10.8. The minimum atomic E-state index is -0.241. The molecule has 0 aliphatic rings. The van der Waals surface area contributed by atoms with Crippen LogP contribution in [0, 0.1) is 13.8 Å². The van der Waals surface area contributed by atoms with Crippen molar-refractivity contribution >= 4 is 33.2 Å². The second-order valence-electron chi connectivity index (χ2n) is 5.60. The molecule has 1 amide bonds. The Bertz CT molecular complexity index is 966. The number of methoxy groups -OCH3 is 2. The molecule has 2 aromatic heterocycles. The summed E-state index contributed by atoms with van der Waals surface area (Å²) >= 11 is 3.47. The Labute approximate surface area is 153 Å². The van der Waals surface area contributed by atoms with Gasteiger partial charge in [-0.3, -0.25) is 9.20 Å². The van der Waals surface area contributed by atoms with Crippen LogP contribution >= 0.6 is 15.9 Å². The number of carbonyl (C=O) groups is 1. The number of halogens is 1. The maximum atomic E-state index is 12.8. The van der Waals surface area contributed by atoms with Crippen molar-refractivity contribution in [2.45, 2.75) is 13.8 Å². The first-order chi connectivity index (χ1) is 11.9. The van der Waals surface area contributed by atoms with Crippen LogP contribution in [0.3, 0.4) is 0 Å². The molecule has 1 aromatic carbocycles. The van der Waals surface area contributed by atoms with Crippen LogP contribution in [0.2, 0.25) is 0 Å². The van der Waals surface area contributed by atoms with Gasteiger partial charge in [0.25, 0.3) is 5.91 Å².